The molecule has 2 atom stereocenters. The van der Waals surface area contributed by atoms with E-state index in [1.54, 1.807) is 20.2 Å². The van der Waals surface area contributed by atoms with Crippen LogP contribution in [-0.4, -0.2) is 38.3 Å². The van der Waals surface area contributed by atoms with Gasteiger partial charge in [-0.15, -0.1) is 0 Å². The number of carbonyl (C=O) groups excluding carboxylic acids is 1. The molecule has 0 bridgehead atoms. The van der Waals surface area contributed by atoms with Crippen LogP contribution in [0.5, 0.6) is 0 Å². The van der Waals surface area contributed by atoms with Crippen LogP contribution < -0.4 is 0 Å². The minimum atomic E-state index is -0.774. The van der Waals surface area contributed by atoms with Crippen molar-refractivity contribution in [3.8, 4) is 0 Å². The van der Waals surface area contributed by atoms with Crippen LogP contribution >= 0.6 is 0 Å². The number of halogens is 2. The highest BCUT2D eigenvalue weighted by atomic mass is 19.1. The van der Waals surface area contributed by atoms with Crippen LogP contribution in [-0.2, 0) is 7.05 Å². The second-order valence-corrected chi connectivity index (χ2v) is 5.83. The maximum Gasteiger partial charge on any atom is 0.257 e. The Morgan fingerprint density at radius 3 is 2.78 bits per heavy atom. The third-order valence-corrected chi connectivity index (χ3v) is 4.10. The van der Waals surface area contributed by atoms with E-state index in [1.165, 1.54) is 9.58 Å². The maximum atomic E-state index is 14.1. The van der Waals surface area contributed by atoms with Gasteiger partial charge in [0.25, 0.3) is 5.91 Å². The highest BCUT2D eigenvalue weighted by Crippen LogP contribution is 2.35. The number of amides is 1. The Bertz CT molecular complexity index is 760. The molecular weight excluding hydrogens is 304 g/mol. The van der Waals surface area contributed by atoms with Crippen molar-refractivity contribution in [3.05, 3.63) is 52.9 Å². The van der Waals surface area contributed by atoms with E-state index in [1.807, 2.05) is 0 Å². The van der Waals surface area contributed by atoms with Crippen LogP contribution in [0, 0.1) is 18.6 Å². The number of β-amino-alcohol motifs (C(OH)–C–C–N with tert-alkyl or cyclic N) is 1. The Hall–Kier alpha value is -2.28. The van der Waals surface area contributed by atoms with Gasteiger partial charge < -0.3 is 10.0 Å². The summed E-state index contributed by atoms with van der Waals surface area (Å²) in [5.41, 5.74) is 1.03. The second-order valence-electron chi connectivity index (χ2n) is 5.83. The number of aromatic nitrogens is 2. The van der Waals surface area contributed by atoms with Crippen molar-refractivity contribution >= 4 is 5.91 Å². The smallest absolute Gasteiger partial charge is 0.257 e. The first-order valence-corrected chi connectivity index (χ1v) is 7.31. The maximum absolute atomic E-state index is 14.1. The van der Waals surface area contributed by atoms with E-state index in [0.717, 1.165) is 18.2 Å². The Morgan fingerprint density at radius 1 is 1.39 bits per heavy atom. The van der Waals surface area contributed by atoms with Crippen LogP contribution in [0.1, 0.15) is 34.1 Å². The first-order chi connectivity index (χ1) is 10.9. The van der Waals surface area contributed by atoms with Gasteiger partial charge >= 0.3 is 0 Å². The molecule has 7 heteroatoms. The molecule has 23 heavy (non-hydrogen) atoms. The number of carbonyl (C=O) groups is 1. The zero-order valence-corrected chi connectivity index (χ0v) is 12.8. The number of nitrogens with zero attached hydrogens (tertiary/aromatic N) is 3. The quantitative estimate of drug-likeness (QED) is 0.920. The van der Waals surface area contributed by atoms with Gasteiger partial charge in [-0.3, -0.25) is 9.48 Å². The number of benzene rings is 1. The summed E-state index contributed by atoms with van der Waals surface area (Å²) in [6, 6.07) is 2.44. The second kappa shape index (κ2) is 5.73. The predicted octanol–water partition coefficient (Wildman–Crippen LogP) is 1.95. The zero-order valence-electron chi connectivity index (χ0n) is 12.8. The van der Waals surface area contributed by atoms with Gasteiger partial charge in [-0.1, -0.05) is 0 Å². The molecule has 1 aliphatic rings. The molecule has 2 aromatic rings. The van der Waals surface area contributed by atoms with Crippen molar-refractivity contribution in [2.24, 2.45) is 7.05 Å². The highest BCUT2D eigenvalue weighted by molar-refractivity contribution is 5.95. The number of aliphatic hydroxyl groups is 1. The number of likely N-dealkylation sites (tertiary alicyclic amines) is 1. The van der Waals surface area contributed by atoms with E-state index in [4.69, 9.17) is 0 Å². The summed E-state index contributed by atoms with van der Waals surface area (Å²) in [5, 5.41) is 14.1. The van der Waals surface area contributed by atoms with E-state index >= 15 is 0 Å². The fourth-order valence-electron chi connectivity index (χ4n) is 3.07. The van der Waals surface area contributed by atoms with Crippen LogP contribution in [0.2, 0.25) is 0 Å². The molecule has 122 valence electrons. The summed E-state index contributed by atoms with van der Waals surface area (Å²) >= 11 is 0. The average molecular weight is 321 g/mol. The van der Waals surface area contributed by atoms with Crippen molar-refractivity contribution in [3.63, 3.8) is 0 Å². The molecule has 1 N–H and O–H groups in total. The third-order valence-electron chi connectivity index (χ3n) is 4.10. The molecule has 1 aliphatic heterocycles. The molecule has 3 rings (SSSR count). The fourth-order valence-corrected chi connectivity index (χ4v) is 3.07. The van der Waals surface area contributed by atoms with E-state index < -0.39 is 23.8 Å². The molecule has 0 aliphatic carbocycles. The summed E-state index contributed by atoms with van der Waals surface area (Å²) in [7, 11) is 1.70. The number of aryl methyl sites for hydroxylation is 2. The SMILES string of the molecule is Cc1nn(C)cc1C(=O)N1C[C@@H](O)C[C@H]1c1cc(F)ccc1F. The minimum Gasteiger partial charge on any atom is -0.391 e. The summed E-state index contributed by atoms with van der Waals surface area (Å²) < 4.78 is 29.1. The fraction of sp³-hybridized carbons (Fsp3) is 0.375. The zero-order chi connectivity index (χ0) is 16.7. The summed E-state index contributed by atoms with van der Waals surface area (Å²) in [6.45, 7) is 1.78. The van der Waals surface area contributed by atoms with Gasteiger partial charge in [-0.25, -0.2) is 8.78 Å². The molecule has 0 spiro atoms. The molecule has 2 heterocycles. The standard InChI is InChI=1S/C16H17F2N3O2/c1-9-13(8-20(2)19-9)16(23)21-7-11(22)6-15(21)12-5-10(17)3-4-14(12)18/h3-5,8,11,15,22H,6-7H2,1-2H3/t11-,15-/m0/s1. The molecule has 1 amide bonds. The molecule has 1 aromatic heterocycles. The lowest BCUT2D eigenvalue weighted by atomic mass is 10.0. The van der Waals surface area contributed by atoms with Crippen LogP contribution in [0.15, 0.2) is 24.4 Å². The minimum absolute atomic E-state index is 0.0772. The van der Waals surface area contributed by atoms with Crippen molar-refractivity contribution < 1.29 is 18.7 Å². The molecule has 1 aromatic carbocycles. The number of aliphatic hydroxyl groups excluding tert-OH is 1. The summed E-state index contributed by atoms with van der Waals surface area (Å²) in [4.78, 5) is 14.1. The first kappa shape index (κ1) is 15.6. The molecule has 1 fully saturated rings. The van der Waals surface area contributed by atoms with Crippen molar-refractivity contribution in [1.29, 1.82) is 0 Å². The van der Waals surface area contributed by atoms with Gasteiger partial charge in [0.05, 0.1) is 23.4 Å². The van der Waals surface area contributed by atoms with Gasteiger partial charge in [-0.2, -0.15) is 5.10 Å². The Labute approximate surface area is 132 Å². The van der Waals surface area contributed by atoms with Crippen molar-refractivity contribution in [2.45, 2.75) is 25.5 Å². The van der Waals surface area contributed by atoms with E-state index in [9.17, 15) is 18.7 Å². The highest BCUT2D eigenvalue weighted by Gasteiger charge is 2.38. The van der Waals surface area contributed by atoms with Crippen LogP contribution in [0.4, 0.5) is 8.78 Å². The number of hydrogen-bond acceptors (Lipinski definition) is 3. The Morgan fingerprint density at radius 2 is 2.13 bits per heavy atom. The molecular formula is C16H17F2N3O2. The lowest BCUT2D eigenvalue weighted by Crippen LogP contribution is -2.32. The van der Waals surface area contributed by atoms with Gasteiger partial charge in [0, 0.05) is 25.4 Å². The van der Waals surface area contributed by atoms with Gasteiger partial charge in [0.15, 0.2) is 0 Å². The Balaban J connectivity index is 1.98. The number of hydrogen-bond donors (Lipinski definition) is 1. The predicted molar refractivity (Wildman–Crippen MR) is 78.7 cm³/mol. The topological polar surface area (TPSA) is 58.4 Å². The molecule has 1 saturated heterocycles. The molecule has 0 radical (unpaired) electrons. The van der Waals surface area contributed by atoms with Gasteiger partial charge in [-0.05, 0) is 31.5 Å². The molecule has 0 unspecified atom stereocenters. The largest absolute Gasteiger partial charge is 0.391 e. The van der Waals surface area contributed by atoms with E-state index in [2.05, 4.69) is 5.10 Å². The third kappa shape index (κ3) is 2.84. The lowest BCUT2D eigenvalue weighted by Gasteiger charge is -2.25. The molecule has 5 nitrogen and oxygen atoms in total. The summed E-state index contributed by atoms with van der Waals surface area (Å²) in [5.74, 6) is -1.51. The van der Waals surface area contributed by atoms with E-state index in [-0.39, 0.29) is 24.4 Å². The van der Waals surface area contributed by atoms with Crippen molar-refractivity contribution in [2.75, 3.05) is 6.54 Å². The summed E-state index contributed by atoms with van der Waals surface area (Å²) in [6.07, 6.45) is 0.982. The van der Waals surface area contributed by atoms with Gasteiger partial charge in [0.1, 0.15) is 11.6 Å². The van der Waals surface area contributed by atoms with Crippen molar-refractivity contribution in [1.82, 2.24) is 14.7 Å². The van der Waals surface area contributed by atoms with Gasteiger partial charge in [0.2, 0.25) is 0 Å². The number of rotatable bonds is 2. The monoisotopic (exact) mass is 321 g/mol. The van der Waals surface area contributed by atoms with E-state index in [0.29, 0.717) is 11.3 Å². The van der Waals surface area contributed by atoms with Crippen LogP contribution in [0.3, 0.4) is 0 Å². The lowest BCUT2D eigenvalue weighted by molar-refractivity contribution is 0.0713. The Kier molecular flexibility index (Phi) is 3.89. The van der Waals surface area contributed by atoms with Crippen LogP contribution in [0.25, 0.3) is 0 Å². The average Bonchev–Trinajstić information content (AvgIpc) is 3.03. The molecule has 0 saturated carbocycles. The normalized spacial score (nSPS) is 21.0. The first-order valence-electron chi connectivity index (χ1n) is 7.31.